The number of aromatic nitrogens is 1. The van der Waals surface area contributed by atoms with Gasteiger partial charge >= 0.3 is 0 Å². The molecular weight excluding hydrogens is 174 g/mol. The maximum absolute atomic E-state index is 9.77. The number of rotatable bonds is 3. The smallest absolute Gasteiger partial charge is 0.0971 e. The van der Waals surface area contributed by atoms with E-state index >= 15 is 0 Å². The molecule has 14 heavy (non-hydrogen) atoms. The Hall–Kier alpha value is -1.33. The predicted molar refractivity (Wildman–Crippen MR) is 56.7 cm³/mol. The van der Waals surface area contributed by atoms with Crippen LogP contribution < -0.4 is 0 Å². The maximum atomic E-state index is 9.77. The van der Waals surface area contributed by atoms with Crippen LogP contribution in [0.4, 0.5) is 0 Å². The second-order valence-corrected chi connectivity index (χ2v) is 3.47. The van der Waals surface area contributed by atoms with Crippen LogP contribution in [0.25, 0.3) is 0 Å². The molecule has 1 unspecified atom stereocenters. The van der Waals surface area contributed by atoms with E-state index in [1.807, 2.05) is 19.9 Å². The number of terminal acetylenes is 1. The van der Waals surface area contributed by atoms with Gasteiger partial charge in [0.2, 0.25) is 0 Å². The highest BCUT2D eigenvalue weighted by molar-refractivity contribution is 5.24. The van der Waals surface area contributed by atoms with Crippen molar-refractivity contribution in [3.63, 3.8) is 0 Å². The Labute approximate surface area is 85.0 Å². The SMILES string of the molecule is C#CCCC(O)c1ncc(C)cc1C. The normalized spacial score (nSPS) is 12.1. The van der Waals surface area contributed by atoms with Gasteiger partial charge in [-0.3, -0.25) is 4.98 Å². The Morgan fingerprint density at radius 3 is 2.86 bits per heavy atom. The van der Waals surface area contributed by atoms with Crippen molar-refractivity contribution in [2.24, 2.45) is 0 Å². The molecule has 0 fully saturated rings. The molecule has 74 valence electrons. The topological polar surface area (TPSA) is 33.1 Å². The highest BCUT2D eigenvalue weighted by Crippen LogP contribution is 2.19. The van der Waals surface area contributed by atoms with Gasteiger partial charge in [0.15, 0.2) is 0 Å². The van der Waals surface area contributed by atoms with Gasteiger partial charge in [-0.1, -0.05) is 6.07 Å². The molecule has 2 heteroatoms. The molecule has 0 radical (unpaired) electrons. The van der Waals surface area contributed by atoms with Crippen LogP contribution in [-0.2, 0) is 0 Å². The van der Waals surface area contributed by atoms with E-state index in [9.17, 15) is 5.11 Å². The van der Waals surface area contributed by atoms with Gasteiger partial charge in [-0.25, -0.2) is 0 Å². The Balaban J connectivity index is 2.80. The molecular formula is C12H15NO. The molecule has 2 nitrogen and oxygen atoms in total. The van der Waals surface area contributed by atoms with Gasteiger partial charge in [-0.2, -0.15) is 0 Å². The Kier molecular flexibility index (Phi) is 3.67. The first-order valence-electron chi connectivity index (χ1n) is 4.70. The number of aliphatic hydroxyl groups excluding tert-OH is 1. The van der Waals surface area contributed by atoms with Gasteiger partial charge in [0.25, 0.3) is 0 Å². The van der Waals surface area contributed by atoms with Crippen molar-refractivity contribution in [3.05, 3.63) is 29.1 Å². The van der Waals surface area contributed by atoms with Crippen LogP contribution in [0.1, 0.15) is 35.8 Å². The third-order valence-corrected chi connectivity index (χ3v) is 2.13. The molecule has 1 N–H and O–H groups in total. The second kappa shape index (κ2) is 4.78. The molecule has 0 aromatic carbocycles. The highest BCUT2D eigenvalue weighted by Gasteiger charge is 2.10. The summed E-state index contributed by atoms with van der Waals surface area (Å²) in [6, 6.07) is 2.02. The predicted octanol–water partition coefficient (Wildman–Crippen LogP) is 2.15. The lowest BCUT2D eigenvalue weighted by atomic mass is 10.1. The fourth-order valence-corrected chi connectivity index (χ4v) is 1.43. The minimum atomic E-state index is -0.536. The molecule has 1 aromatic rings. The van der Waals surface area contributed by atoms with Gasteiger partial charge in [-0.05, 0) is 31.4 Å². The molecule has 0 saturated heterocycles. The van der Waals surface area contributed by atoms with E-state index in [1.54, 1.807) is 6.20 Å². The van der Waals surface area contributed by atoms with E-state index in [1.165, 1.54) is 0 Å². The summed E-state index contributed by atoms with van der Waals surface area (Å²) in [7, 11) is 0. The van der Waals surface area contributed by atoms with E-state index in [0.29, 0.717) is 12.8 Å². The lowest BCUT2D eigenvalue weighted by Crippen LogP contribution is -2.03. The van der Waals surface area contributed by atoms with Crippen LogP contribution in [0.15, 0.2) is 12.3 Å². The number of pyridine rings is 1. The zero-order valence-corrected chi connectivity index (χ0v) is 8.62. The van der Waals surface area contributed by atoms with Crippen molar-refractivity contribution >= 4 is 0 Å². The lowest BCUT2D eigenvalue weighted by molar-refractivity contribution is 0.164. The molecule has 1 aromatic heterocycles. The third-order valence-electron chi connectivity index (χ3n) is 2.13. The molecule has 0 amide bonds. The van der Waals surface area contributed by atoms with Crippen molar-refractivity contribution in [1.82, 2.24) is 4.98 Å². The average Bonchev–Trinajstić information content (AvgIpc) is 2.14. The van der Waals surface area contributed by atoms with Gasteiger partial charge < -0.3 is 5.11 Å². The molecule has 0 bridgehead atoms. The first kappa shape index (κ1) is 10.7. The number of hydrogen-bond acceptors (Lipinski definition) is 2. The largest absolute Gasteiger partial charge is 0.387 e. The van der Waals surface area contributed by atoms with Crippen LogP contribution in [-0.4, -0.2) is 10.1 Å². The second-order valence-electron chi connectivity index (χ2n) is 3.47. The summed E-state index contributed by atoms with van der Waals surface area (Å²) in [6.07, 6.45) is 7.52. The first-order valence-corrected chi connectivity index (χ1v) is 4.70. The van der Waals surface area contributed by atoms with E-state index in [2.05, 4.69) is 10.9 Å². The summed E-state index contributed by atoms with van der Waals surface area (Å²) < 4.78 is 0. The standard InChI is InChI=1S/C12H15NO/c1-4-5-6-11(14)12-10(3)7-9(2)8-13-12/h1,7-8,11,14H,5-6H2,2-3H3. The lowest BCUT2D eigenvalue weighted by Gasteiger charge is -2.11. The fraction of sp³-hybridized carbons (Fsp3) is 0.417. The van der Waals surface area contributed by atoms with Gasteiger partial charge in [-0.15, -0.1) is 12.3 Å². The van der Waals surface area contributed by atoms with E-state index < -0.39 is 6.10 Å². The molecule has 0 aliphatic carbocycles. The Bertz CT molecular complexity index is 352. The monoisotopic (exact) mass is 189 g/mol. The van der Waals surface area contributed by atoms with Crippen LogP contribution in [0.3, 0.4) is 0 Å². The summed E-state index contributed by atoms with van der Waals surface area (Å²) >= 11 is 0. The van der Waals surface area contributed by atoms with Gasteiger partial charge in [0.1, 0.15) is 0 Å². The number of hydrogen-bond donors (Lipinski definition) is 1. The quantitative estimate of drug-likeness (QED) is 0.739. The van der Waals surface area contributed by atoms with E-state index in [4.69, 9.17) is 6.42 Å². The number of nitrogens with zero attached hydrogens (tertiary/aromatic N) is 1. The highest BCUT2D eigenvalue weighted by atomic mass is 16.3. The van der Waals surface area contributed by atoms with Crippen LogP contribution in [0.2, 0.25) is 0 Å². The van der Waals surface area contributed by atoms with Crippen molar-refractivity contribution in [2.75, 3.05) is 0 Å². The van der Waals surface area contributed by atoms with Crippen molar-refractivity contribution < 1.29 is 5.11 Å². The number of aliphatic hydroxyl groups is 1. The van der Waals surface area contributed by atoms with Crippen LogP contribution in [0.5, 0.6) is 0 Å². The molecule has 1 rings (SSSR count). The third kappa shape index (κ3) is 2.58. The maximum Gasteiger partial charge on any atom is 0.0971 e. The summed E-state index contributed by atoms with van der Waals surface area (Å²) in [5.41, 5.74) is 2.87. The number of aryl methyl sites for hydroxylation is 2. The van der Waals surface area contributed by atoms with Gasteiger partial charge in [0.05, 0.1) is 11.8 Å². The van der Waals surface area contributed by atoms with E-state index in [0.717, 1.165) is 16.8 Å². The van der Waals surface area contributed by atoms with Crippen molar-refractivity contribution in [3.8, 4) is 12.3 Å². The summed E-state index contributed by atoms with van der Waals surface area (Å²) in [4.78, 5) is 4.21. The summed E-state index contributed by atoms with van der Waals surface area (Å²) in [5.74, 6) is 2.51. The minimum absolute atomic E-state index is 0.536. The first-order chi connectivity index (χ1) is 6.65. The molecule has 0 saturated carbocycles. The van der Waals surface area contributed by atoms with Gasteiger partial charge in [0, 0.05) is 12.6 Å². The summed E-state index contributed by atoms with van der Waals surface area (Å²) in [5, 5.41) is 9.77. The van der Waals surface area contributed by atoms with Crippen molar-refractivity contribution in [2.45, 2.75) is 32.8 Å². The zero-order chi connectivity index (χ0) is 10.6. The Morgan fingerprint density at radius 1 is 1.57 bits per heavy atom. The molecule has 0 spiro atoms. The molecule has 0 aliphatic heterocycles. The average molecular weight is 189 g/mol. The minimum Gasteiger partial charge on any atom is -0.387 e. The zero-order valence-electron chi connectivity index (χ0n) is 8.62. The van der Waals surface area contributed by atoms with Crippen LogP contribution in [0, 0.1) is 26.2 Å². The Morgan fingerprint density at radius 2 is 2.29 bits per heavy atom. The summed E-state index contributed by atoms with van der Waals surface area (Å²) in [6.45, 7) is 3.94. The molecule has 1 heterocycles. The fourth-order valence-electron chi connectivity index (χ4n) is 1.43. The molecule has 1 atom stereocenters. The molecule has 0 aliphatic rings. The van der Waals surface area contributed by atoms with Crippen LogP contribution >= 0.6 is 0 Å². The van der Waals surface area contributed by atoms with Crippen molar-refractivity contribution in [1.29, 1.82) is 0 Å². The van der Waals surface area contributed by atoms with E-state index in [-0.39, 0.29) is 0 Å².